The third kappa shape index (κ3) is 1.78. The van der Waals surface area contributed by atoms with Crippen LogP contribution in [0.2, 0.25) is 0 Å². The highest BCUT2D eigenvalue weighted by molar-refractivity contribution is 5.86. The summed E-state index contributed by atoms with van der Waals surface area (Å²) in [5.41, 5.74) is 2.39. The number of ether oxygens (including phenoxy) is 1. The van der Waals surface area contributed by atoms with Crippen LogP contribution in [0.1, 0.15) is 49.3 Å². The van der Waals surface area contributed by atoms with Gasteiger partial charge in [0.25, 0.3) is 0 Å². The molecular formula is C15H20O3. The van der Waals surface area contributed by atoms with Crippen molar-refractivity contribution in [2.75, 3.05) is 7.11 Å². The molecule has 18 heavy (non-hydrogen) atoms. The Morgan fingerprint density at radius 3 is 2.39 bits per heavy atom. The van der Waals surface area contributed by atoms with E-state index >= 15 is 0 Å². The van der Waals surface area contributed by atoms with Crippen LogP contribution in [0.5, 0.6) is 5.75 Å². The minimum atomic E-state index is -0.713. The van der Waals surface area contributed by atoms with E-state index in [9.17, 15) is 9.90 Å². The maximum absolute atomic E-state index is 11.5. The molecule has 1 fully saturated rings. The second-order valence-corrected chi connectivity index (χ2v) is 5.42. The first-order valence-electron chi connectivity index (χ1n) is 6.35. The van der Waals surface area contributed by atoms with Gasteiger partial charge in [-0.1, -0.05) is 26.0 Å². The fourth-order valence-corrected chi connectivity index (χ4v) is 2.69. The molecule has 98 valence electrons. The molecule has 0 spiro atoms. The first-order chi connectivity index (χ1) is 8.44. The van der Waals surface area contributed by atoms with Crippen molar-refractivity contribution < 1.29 is 14.6 Å². The molecule has 1 aliphatic carbocycles. The molecule has 0 heterocycles. The van der Waals surface area contributed by atoms with Gasteiger partial charge < -0.3 is 9.84 Å². The molecule has 3 heteroatoms. The number of aliphatic carboxylic acids is 1. The molecule has 0 unspecified atom stereocenters. The van der Waals surface area contributed by atoms with Gasteiger partial charge >= 0.3 is 5.97 Å². The summed E-state index contributed by atoms with van der Waals surface area (Å²) in [6, 6.07) is 3.93. The molecule has 3 nitrogen and oxygen atoms in total. The standard InChI is InChI=1S/C15H20O3/c1-9(2)12-11(15(7-8-15)14(16)17)6-5-10(3)13(12)18-4/h5-6,9H,7-8H2,1-4H3,(H,16,17). The number of benzene rings is 1. The average Bonchev–Trinajstić information content (AvgIpc) is 3.09. The summed E-state index contributed by atoms with van der Waals surface area (Å²) in [5.74, 6) is 0.386. The molecule has 0 bridgehead atoms. The number of methoxy groups -OCH3 is 1. The minimum absolute atomic E-state index is 0.256. The maximum Gasteiger partial charge on any atom is 0.314 e. The predicted octanol–water partition coefficient (Wildman–Crippen LogP) is 3.24. The van der Waals surface area contributed by atoms with E-state index in [1.54, 1.807) is 7.11 Å². The van der Waals surface area contributed by atoms with Crippen LogP contribution < -0.4 is 4.74 Å². The zero-order valence-corrected chi connectivity index (χ0v) is 11.4. The van der Waals surface area contributed by atoms with Crippen molar-refractivity contribution in [3.63, 3.8) is 0 Å². The van der Waals surface area contributed by atoms with E-state index < -0.39 is 11.4 Å². The van der Waals surface area contributed by atoms with Crippen molar-refractivity contribution in [2.45, 2.75) is 44.9 Å². The van der Waals surface area contributed by atoms with Crippen molar-refractivity contribution in [1.82, 2.24) is 0 Å². The van der Waals surface area contributed by atoms with Gasteiger partial charge in [-0.05, 0) is 36.8 Å². The van der Waals surface area contributed by atoms with Crippen LogP contribution in [0.25, 0.3) is 0 Å². The summed E-state index contributed by atoms with van der Waals surface area (Å²) in [4.78, 5) is 11.5. The smallest absolute Gasteiger partial charge is 0.314 e. The van der Waals surface area contributed by atoms with Crippen molar-refractivity contribution in [3.05, 3.63) is 28.8 Å². The van der Waals surface area contributed by atoms with E-state index in [2.05, 4.69) is 13.8 Å². The van der Waals surface area contributed by atoms with E-state index in [1.165, 1.54) is 0 Å². The molecule has 0 amide bonds. The summed E-state index contributed by atoms with van der Waals surface area (Å²) < 4.78 is 5.49. The SMILES string of the molecule is COc1c(C)ccc(C2(C(=O)O)CC2)c1C(C)C. The molecule has 1 aromatic rings. The van der Waals surface area contributed by atoms with Gasteiger partial charge in [-0.2, -0.15) is 0 Å². The van der Waals surface area contributed by atoms with Crippen LogP contribution in [-0.4, -0.2) is 18.2 Å². The average molecular weight is 248 g/mol. The van der Waals surface area contributed by atoms with Crippen LogP contribution in [0, 0.1) is 6.92 Å². The van der Waals surface area contributed by atoms with Crippen molar-refractivity contribution in [1.29, 1.82) is 0 Å². The van der Waals surface area contributed by atoms with E-state index in [1.807, 2.05) is 19.1 Å². The largest absolute Gasteiger partial charge is 0.496 e. The van der Waals surface area contributed by atoms with E-state index in [0.717, 1.165) is 35.3 Å². The number of carboxylic acids is 1. The molecule has 1 saturated carbocycles. The predicted molar refractivity (Wildman–Crippen MR) is 70.4 cm³/mol. The Bertz CT molecular complexity index is 485. The van der Waals surface area contributed by atoms with Gasteiger partial charge in [-0.3, -0.25) is 4.79 Å². The zero-order valence-electron chi connectivity index (χ0n) is 11.4. The third-order valence-corrected chi connectivity index (χ3v) is 3.85. The summed E-state index contributed by atoms with van der Waals surface area (Å²) in [7, 11) is 1.65. The van der Waals surface area contributed by atoms with Gasteiger partial charge in [0.15, 0.2) is 0 Å². The number of carboxylic acid groups (broad SMARTS) is 1. The number of aryl methyl sites for hydroxylation is 1. The van der Waals surface area contributed by atoms with Crippen LogP contribution in [0.15, 0.2) is 12.1 Å². The molecule has 0 aliphatic heterocycles. The van der Waals surface area contributed by atoms with Crippen molar-refractivity contribution in [3.8, 4) is 5.75 Å². The van der Waals surface area contributed by atoms with Gasteiger partial charge in [0.1, 0.15) is 5.75 Å². The van der Waals surface area contributed by atoms with Crippen LogP contribution in [0.3, 0.4) is 0 Å². The monoisotopic (exact) mass is 248 g/mol. The lowest BCUT2D eigenvalue weighted by Gasteiger charge is -2.22. The Morgan fingerprint density at radius 2 is 2.00 bits per heavy atom. The Kier molecular flexibility index (Phi) is 3.09. The number of hydrogen-bond donors (Lipinski definition) is 1. The van der Waals surface area contributed by atoms with E-state index in [0.29, 0.717) is 0 Å². The molecule has 0 saturated heterocycles. The Balaban J connectivity index is 2.65. The van der Waals surface area contributed by atoms with Crippen LogP contribution in [-0.2, 0) is 10.2 Å². The maximum atomic E-state index is 11.5. The van der Waals surface area contributed by atoms with E-state index in [4.69, 9.17) is 4.74 Å². The summed E-state index contributed by atoms with van der Waals surface area (Å²) in [6.45, 7) is 6.16. The molecule has 0 aromatic heterocycles. The first-order valence-corrected chi connectivity index (χ1v) is 6.35. The zero-order chi connectivity index (χ0) is 13.5. The molecular weight excluding hydrogens is 228 g/mol. The lowest BCUT2D eigenvalue weighted by Crippen LogP contribution is -2.22. The summed E-state index contributed by atoms with van der Waals surface area (Å²) in [5, 5.41) is 9.46. The highest BCUT2D eigenvalue weighted by Crippen LogP contribution is 2.52. The third-order valence-electron chi connectivity index (χ3n) is 3.85. The van der Waals surface area contributed by atoms with Gasteiger partial charge in [0, 0.05) is 5.56 Å². The normalized spacial score (nSPS) is 16.7. The quantitative estimate of drug-likeness (QED) is 0.889. The number of carbonyl (C=O) groups is 1. The van der Waals surface area contributed by atoms with Crippen molar-refractivity contribution >= 4 is 5.97 Å². The van der Waals surface area contributed by atoms with Gasteiger partial charge in [0.05, 0.1) is 12.5 Å². The highest BCUT2D eigenvalue weighted by Gasteiger charge is 2.53. The topological polar surface area (TPSA) is 46.5 Å². The fraction of sp³-hybridized carbons (Fsp3) is 0.533. The second-order valence-electron chi connectivity index (χ2n) is 5.42. The Labute approximate surface area is 108 Å². The second kappa shape index (κ2) is 4.30. The van der Waals surface area contributed by atoms with Crippen LogP contribution in [0.4, 0.5) is 0 Å². The van der Waals surface area contributed by atoms with Gasteiger partial charge in [0.2, 0.25) is 0 Å². The van der Waals surface area contributed by atoms with Crippen molar-refractivity contribution in [2.24, 2.45) is 0 Å². The minimum Gasteiger partial charge on any atom is -0.496 e. The molecule has 2 rings (SSSR count). The molecule has 1 N–H and O–H groups in total. The van der Waals surface area contributed by atoms with Crippen LogP contribution >= 0.6 is 0 Å². The molecule has 0 radical (unpaired) electrons. The molecule has 1 aromatic carbocycles. The Hall–Kier alpha value is -1.51. The summed E-state index contributed by atoms with van der Waals surface area (Å²) in [6.07, 6.45) is 1.46. The number of rotatable bonds is 4. The lowest BCUT2D eigenvalue weighted by atomic mass is 9.84. The molecule has 1 aliphatic rings. The lowest BCUT2D eigenvalue weighted by molar-refractivity contribution is -0.140. The summed E-state index contributed by atoms with van der Waals surface area (Å²) >= 11 is 0. The molecule has 0 atom stereocenters. The number of hydrogen-bond acceptors (Lipinski definition) is 2. The van der Waals surface area contributed by atoms with E-state index in [-0.39, 0.29) is 5.92 Å². The van der Waals surface area contributed by atoms with Gasteiger partial charge in [-0.25, -0.2) is 0 Å². The fourth-order valence-electron chi connectivity index (χ4n) is 2.69. The Morgan fingerprint density at radius 1 is 1.39 bits per heavy atom. The first kappa shape index (κ1) is 12.9. The van der Waals surface area contributed by atoms with Gasteiger partial charge in [-0.15, -0.1) is 0 Å². The highest BCUT2D eigenvalue weighted by atomic mass is 16.5.